The fraction of sp³-hybridized carbons (Fsp3) is 0.273. The number of aryl methyl sites for hydroxylation is 1. The topological polar surface area (TPSA) is 0 Å². The van der Waals surface area contributed by atoms with Crippen LogP contribution in [0.1, 0.15) is 17.5 Å². The maximum Gasteiger partial charge on any atom is 0.115 e. The van der Waals surface area contributed by atoms with Gasteiger partial charge in [-0.3, -0.25) is 0 Å². The molecule has 0 aliphatic heterocycles. The number of hydrogen-bond donors (Lipinski definition) is 0. The molecule has 0 saturated heterocycles. The molecular formula is C11H13F. The van der Waals surface area contributed by atoms with E-state index in [0.717, 1.165) is 18.4 Å². The molecule has 64 valence electrons. The second kappa shape index (κ2) is 4.70. The molecule has 0 nitrogen and oxygen atoms in total. The summed E-state index contributed by atoms with van der Waals surface area (Å²) in [7, 11) is 0. The van der Waals surface area contributed by atoms with E-state index >= 15 is 0 Å². The Bertz CT molecular complexity index is 236. The van der Waals surface area contributed by atoms with Gasteiger partial charge >= 0.3 is 0 Å². The van der Waals surface area contributed by atoms with E-state index in [4.69, 9.17) is 0 Å². The van der Waals surface area contributed by atoms with E-state index in [1.54, 1.807) is 0 Å². The molecule has 12 heavy (non-hydrogen) atoms. The van der Waals surface area contributed by atoms with Gasteiger partial charge in [0.05, 0.1) is 0 Å². The van der Waals surface area contributed by atoms with Crippen LogP contribution in [-0.2, 0) is 13.1 Å². The van der Waals surface area contributed by atoms with E-state index in [1.807, 2.05) is 30.3 Å². The van der Waals surface area contributed by atoms with Crippen LogP contribution in [0.5, 0.6) is 0 Å². The van der Waals surface area contributed by atoms with Crippen LogP contribution in [0.3, 0.4) is 0 Å². The fourth-order valence-corrected chi connectivity index (χ4v) is 1.06. The molecule has 0 spiro atoms. The Morgan fingerprint density at radius 2 is 1.75 bits per heavy atom. The molecule has 0 amide bonds. The van der Waals surface area contributed by atoms with Gasteiger partial charge in [0, 0.05) is 0 Å². The third-order valence-corrected chi connectivity index (χ3v) is 1.81. The Hall–Kier alpha value is -1.11. The normalized spacial score (nSPS) is 9.75. The van der Waals surface area contributed by atoms with Crippen molar-refractivity contribution in [2.45, 2.75) is 19.5 Å². The summed E-state index contributed by atoms with van der Waals surface area (Å²) in [6.45, 7) is 3.28. The van der Waals surface area contributed by atoms with Crippen molar-refractivity contribution in [3.05, 3.63) is 48.0 Å². The Balaban J connectivity index is 2.58. The first-order valence-electron chi connectivity index (χ1n) is 4.11. The molecule has 0 fully saturated rings. The predicted octanol–water partition coefficient (Wildman–Crippen LogP) is 3.27. The van der Waals surface area contributed by atoms with Gasteiger partial charge in [-0.2, -0.15) is 0 Å². The van der Waals surface area contributed by atoms with Crippen LogP contribution in [0.4, 0.5) is 4.39 Å². The van der Waals surface area contributed by atoms with Gasteiger partial charge in [-0.1, -0.05) is 30.3 Å². The van der Waals surface area contributed by atoms with Crippen molar-refractivity contribution >= 4 is 0 Å². The Kier molecular flexibility index (Phi) is 3.52. The van der Waals surface area contributed by atoms with Crippen LogP contribution >= 0.6 is 0 Å². The van der Waals surface area contributed by atoms with Crippen LogP contribution in [0.15, 0.2) is 36.9 Å². The highest BCUT2D eigenvalue weighted by Gasteiger charge is 1.92. The smallest absolute Gasteiger partial charge is 0.115 e. The SMILES string of the molecule is C=CCCc1ccc(CF)cc1. The van der Waals surface area contributed by atoms with Crippen molar-refractivity contribution in [3.63, 3.8) is 0 Å². The zero-order chi connectivity index (χ0) is 8.81. The molecule has 0 N–H and O–H groups in total. The van der Waals surface area contributed by atoms with Crippen LogP contribution in [0.2, 0.25) is 0 Å². The zero-order valence-corrected chi connectivity index (χ0v) is 7.09. The molecule has 0 atom stereocenters. The average molecular weight is 164 g/mol. The van der Waals surface area contributed by atoms with Crippen LogP contribution in [0, 0.1) is 0 Å². The molecule has 0 aliphatic carbocycles. The van der Waals surface area contributed by atoms with E-state index in [2.05, 4.69) is 6.58 Å². The molecule has 0 aromatic heterocycles. The Morgan fingerprint density at radius 3 is 2.25 bits per heavy atom. The van der Waals surface area contributed by atoms with E-state index < -0.39 is 0 Å². The van der Waals surface area contributed by atoms with Gasteiger partial charge < -0.3 is 0 Å². The molecule has 1 rings (SSSR count). The third kappa shape index (κ3) is 2.50. The fourth-order valence-electron chi connectivity index (χ4n) is 1.06. The summed E-state index contributed by atoms with van der Waals surface area (Å²) >= 11 is 0. The average Bonchev–Trinajstić information content (AvgIpc) is 2.15. The summed E-state index contributed by atoms with van der Waals surface area (Å²) in [5.41, 5.74) is 1.99. The number of alkyl halides is 1. The molecule has 1 aromatic rings. The van der Waals surface area contributed by atoms with Gasteiger partial charge in [0.2, 0.25) is 0 Å². The summed E-state index contributed by atoms with van der Waals surface area (Å²) < 4.78 is 12.1. The van der Waals surface area contributed by atoms with Crippen molar-refractivity contribution in [2.24, 2.45) is 0 Å². The van der Waals surface area contributed by atoms with Gasteiger partial charge in [0.15, 0.2) is 0 Å². The van der Waals surface area contributed by atoms with Crippen molar-refractivity contribution < 1.29 is 4.39 Å². The van der Waals surface area contributed by atoms with Crippen LogP contribution in [0.25, 0.3) is 0 Å². The molecule has 0 saturated carbocycles. The Labute approximate surface area is 72.7 Å². The maximum absolute atomic E-state index is 12.1. The van der Waals surface area contributed by atoms with Gasteiger partial charge in [0.1, 0.15) is 6.67 Å². The second-order valence-corrected chi connectivity index (χ2v) is 2.78. The lowest BCUT2D eigenvalue weighted by atomic mass is 10.1. The van der Waals surface area contributed by atoms with E-state index in [0.29, 0.717) is 0 Å². The number of rotatable bonds is 4. The van der Waals surface area contributed by atoms with Crippen molar-refractivity contribution in [1.82, 2.24) is 0 Å². The number of halogens is 1. The molecule has 0 bridgehead atoms. The van der Waals surface area contributed by atoms with E-state index in [-0.39, 0.29) is 6.67 Å². The van der Waals surface area contributed by atoms with E-state index in [1.165, 1.54) is 5.56 Å². The molecule has 0 aliphatic rings. The summed E-state index contributed by atoms with van der Waals surface area (Å²) in [5.74, 6) is 0. The van der Waals surface area contributed by atoms with E-state index in [9.17, 15) is 4.39 Å². The first-order chi connectivity index (χ1) is 5.86. The first-order valence-corrected chi connectivity index (χ1v) is 4.11. The standard InChI is InChI=1S/C11H13F/c1-2-3-4-10-5-7-11(9-12)8-6-10/h2,5-8H,1,3-4,9H2. The third-order valence-electron chi connectivity index (χ3n) is 1.81. The van der Waals surface area contributed by atoms with Gasteiger partial charge in [-0.25, -0.2) is 4.39 Å². The highest BCUT2D eigenvalue weighted by Crippen LogP contribution is 2.07. The molecule has 1 heteroatoms. The van der Waals surface area contributed by atoms with Crippen molar-refractivity contribution in [2.75, 3.05) is 0 Å². The molecule has 1 aromatic carbocycles. The number of benzene rings is 1. The lowest BCUT2D eigenvalue weighted by molar-refractivity contribution is 0.485. The lowest BCUT2D eigenvalue weighted by Gasteiger charge is -1.98. The zero-order valence-electron chi connectivity index (χ0n) is 7.09. The van der Waals surface area contributed by atoms with Crippen molar-refractivity contribution in [1.29, 1.82) is 0 Å². The first kappa shape index (κ1) is 8.98. The Morgan fingerprint density at radius 1 is 1.17 bits per heavy atom. The van der Waals surface area contributed by atoms with Crippen molar-refractivity contribution in [3.8, 4) is 0 Å². The minimum absolute atomic E-state index is 0.373. The second-order valence-electron chi connectivity index (χ2n) is 2.78. The minimum Gasteiger partial charge on any atom is -0.246 e. The monoisotopic (exact) mass is 164 g/mol. The van der Waals surface area contributed by atoms with Gasteiger partial charge in [-0.15, -0.1) is 6.58 Å². The van der Waals surface area contributed by atoms with Gasteiger partial charge in [-0.05, 0) is 24.0 Å². The number of hydrogen-bond acceptors (Lipinski definition) is 0. The summed E-state index contributed by atoms with van der Waals surface area (Å²) in [6.07, 6.45) is 3.87. The largest absolute Gasteiger partial charge is 0.246 e. The van der Waals surface area contributed by atoms with Crippen LogP contribution < -0.4 is 0 Å². The highest BCUT2D eigenvalue weighted by molar-refractivity contribution is 5.22. The van der Waals surface area contributed by atoms with Crippen LogP contribution in [-0.4, -0.2) is 0 Å². The predicted molar refractivity (Wildman–Crippen MR) is 49.8 cm³/mol. The highest BCUT2D eigenvalue weighted by atomic mass is 19.1. The molecule has 0 unspecified atom stereocenters. The van der Waals surface area contributed by atoms with Gasteiger partial charge in [0.25, 0.3) is 0 Å². The molecule has 0 radical (unpaired) electrons. The molecule has 0 heterocycles. The molecular weight excluding hydrogens is 151 g/mol. The summed E-state index contributed by atoms with van der Waals surface area (Å²) in [5, 5.41) is 0. The lowest BCUT2D eigenvalue weighted by Crippen LogP contribution is -1.84. The summed E-state index contributed by atoms with van der Waals surface area (Å²) in [6, 6.07) is 7.60. The quantitative estimate of drug-likeness (QED) is 0.599. The number of allylic oxidation sites excluding steroid dienone is 1. The maximum atomic E-state index is 12.1. The summed E-state index contributed by atoms with van der Waals surface area (Å²) in [4.78, 5) is 0. The minimum atomic E-state index is -0.373.